The number of fused-ring (bicyclic) bond motifs is 1. The van der Waals surface area contributed by atoms with Crippen LogP contribution in [0, 0.1) is 11.3 Å². The van der Waals surface area contributed by atoms with Crippen molar-refractivity contribution in [2.75, 3.05) is 31.6 Å². The standard InChI is InChI=1S/C20H27N3O2/c1-3-23-12-20(13-23)9-15(10-20)6-7-25-16-4-5-18-17(8-16)19(11-21-18)22-14(2)24/h4-5,8,11,15,21H,3,6-7,9-10,12-13H2,1-2H3,(H,22,24). The van der Waals surface area contributed by atoms with Gasteiger partial charge in [0.1, 0.15) is 5.75 Å². The number of ether oxygens (including phenoxy) is 1. The van der Waals surface area contributed by atoms with Crippen molar-refractivity contribution in [1.82, 2.24) is 9.88 Å². The lowest BCUT2D eigenvalue weighted by Gasteiger charge is -2.59. The molecule has 1 spiro atoms. The third kappa shape index (κ3) is 3.25. The average Bonchev–Trinajstić information content (AvgIpc) is 2.89. The molecule has 0 unspecified atom stereocenters. The highest BCUT2D eigenvalue weighted by molar-refractivity contribution is 6.01. The van der Waals surface area contributed by atoms with Gasteiger partial charge in [0.05, 0.1) is 12.3 Å². The highest BCUT2D eigenvalue weighted by Gasteiger charge is 2.51. The van der Waals surface area contributed by atoms with Crippen molar-refractivity contribution in [2.45, 2.75) is 33.1 Å². The zero-order valence-corrected chi connectivity index (χ0v) is 15.1. The van der Waals surface area contributed by atoms with E-state index in [2.05, 4.69) is 22.1 Å². The maximum Gasteiger partial charge on any atom is 0.221 e. The van der Waals surface area contributed by atoms with Crippen LogP contribution >= 0.6 is 0 Å². The molecule has 2 aromatic rings. The molecule has 0 bridgehead atoms. The Balaban J connectivity index is 1.28. The van der Waals surface area contributed by atoms with Gasteiger partial charge in [-0.2, -0.15) is 0 Å². The van der Waals surface area contributed by atoms with E-state index in [-0.39, 0.29) is 5.91 Å². The first-order valence-electron chi connectivity index (χ1n) is 9.31. The van der Waals surface area contributed by atoms with Crippen LogP contribution in [0.3, 0.4) is 0 Å². The fraction of sp³-hybridized carbons (Fsp3) is 0.550. The number of anilines is 1. The van der Waals surface area contributed by atoms with E-state index in [1.807, 2.05) is 24.4 Å². The molecule has 1 aromatic heterocycles. The molecule has 1 amide bonds. The summed E-state index contributed by atoms with van der Waals surface area (Å²) in [4.78, 5) is 17.0. The van der Waals surface area contributed by atoms with Crippen LogP contribution < -0.4 is 10.1 Å². The van der Waals surface area contributed by atoms with Crippen molar-refractivity contribution in [1.29, 1.82) is 0 Å². The highest BCUT2D eigenvalue weighted by Crippen LogP contribution is 2.52. The second-order valence-electron chi connectivity index (χ2n) is 7.81. The van der Waals surface area contributed by atoms with Gasteiger partial charge in [0, 0.05) is 37.1 Å². The fourth-order valence-corrected chi connectivity index (χ4v) is 4.58. The summed E-state index contributed by atoms with van der Waals surface area (Å²) < 4.78 is 5.97. The topological polar surface area (TPSA) is 57.4 Å². The molecular formula is C20H27N3O2. The van der Waals surface area contributed by atoms with Crippen molar-refractivity contribution in [3.63, 3.8) is 0 Å². The minimum atomic E-state index is -0.0660. The van der Waals surface area contributed by atoms with Gasteiger partial charge in [-0.15, -0.1) is 0 Å². The van der Waals surface area contributed by atoms with Crippen molar-refractivity contribution >= 4 is 22.5 Å². The first kappa shape index (κ1) is 16.5. The largest absolute Gasteiger partial charge is 0.494 e. The lowest BCUT2D eigenvalue weighted by Crippen LogP contribution is -2.62. The maximum absolute atomic E-state index is 11.3. The monoisotopic (exact) mass is 341 g/mol. The number of H-pyrrole nitrogens is 1. The Morgan fingerprint density at radius 1 is 1.40 bits per heavy atom. The number of carbonyl (C=O) groups excluding carboxylic acids is 1. The summed E-state index contributed by atoms with van der Waals surface area (Å²) in [6, 6.07) is 6.00. The molecule has 134 valence electrons. The maximum atomic E-state index is 11.3. The van der Waals surface area contributed by atoms with Gasteiger partial charge < -0.3 is 19.9 Å². The number of benzene rings is 1. The van der Waals surface area contributed by atoms with Gasteiger partial charge in [-0.1, -0.05) is 6.92 Å². The van der Waals surface area contributed by atoms with Gasteiger partial charge in [0.15, 0.2) is 0 Å². The molecule has 5 heteroatoms. The third-order valence-corrected chi connectivity index (χ3v) is 5.77. The van der Waals surface area contributed by atoms with Crippen LogP contribution in [0.25, 0.3) is 10.9 Å². The molecule has 4 rings (SSSR count). The van der Waals surface area contributed by atoms with Gasteiger partial charge in [-0.05, 0) is 55.3 Å². The Labute approximate surface area is 148 Å². The Morgan fingerprint density at radius 2 is 2.20 bits per heavy atom. The van der Waals surface area contributed by atoms with Crippen LogP contribution in [0.1, 0.15) is 33.1 Å². The molecule has 2 fully saturated rings. The van der Waals surface area contributed by atoms with Crippen molar-refractivity contribution in [2.24, 2.45) is 11.3 Å². The highest BCUT2D eigenvalue weighted by atomic mass is 16.5. The zero-order valence-electron chi connectivity index (χ0n) is 15.1. The zero-order chi connectivity index (χ0) is 17.4. The quantitative estimate of drug-likeness (QED) is 0.843. The lowest BCUT2D eigenvalue weighted by atomic mass is 9.57. The predicted molar refractivity (Wildman–Crippen MR) is 100.0 cm³/mol. The van der Waals surface area contributed by atoms with E-state index in [4.69, 9.17) is 4.74 Å². The molecule has 0 atom stereocenters. The summed E-state index contributed by atoms with van der Waals surface area (Å²) >= 11 is 0. The molecular weight excluding hydrogens is 314 g/mol. The van der Waals surface area contributed by atoms with Gasteiger partial charge in [-0.25, -0.2) is 0 Å². The number of hydrogen-bond acceptors (Lipinski definition) is 3. The molecule has 2 aliphatic rings. The van der Waals surface area contributed by atoms with Gasteiger partial charge >= 0.3 is 0 Å². The third-order valence-electron chi connectivity index (χ3n) is 5.77. The second kappa shape index (κ2) is 6.37. The Morgan fingerprint density at radius 3 is 2.92 bits per heavy atom. The summed E-state index contributed by atoms with van der Waals surface area (Å²) in [6.45, 7) is 8.33. The number of rotatable bonds is 6. The molecule has 25 heavy (non-hydrogen) atoms. The van der Waals surface area contributed by atoms with E-state index in [9.17, 15) is 4.79 Å². The molecule has 1 saturated carbocycles. The van der Waals surface area contributed by atoms with Gasteiger partial charge in [0.2, 0.25) is 5.91 Å². The first-order valence-corrected chi connectivity index (χ1v) is 9.31. The van der Waals surface area contributed by atoms with E-state index in [1.54, 1.807) is 0 Å². The SMILES string of the molecule is CCN1CC2(CC(CCOc3ccc4[nH]cc(NC(C)=O)c4c3)C2)C1. The van der Waals surface area contributed by atoms with Crippen LogP contribution in [0.2, 0.25) is 0 Å². The van der Waals surface area contributed by atoms with E-state index in [0.29, 0.717) is 5.41 Å². The fourth-order valence-electron chi connectivity index (χ4n) is 4.58. The van der Waals surface area contributed by atoms with Crippen LogP contribution in [-0.2, 0) is 4.79 Å². The van der Waals surface area contributed by atoms with Crippen LogP contribution in [0.4, 0.5) is 5.69 Å². The molecule has 2 N–H and O–H groups in total. The molecule has 1 aliphatic heterocycles. The minimum Gasteiger partial charge on any atom is -0.494 e. The predicted octanol–water partition coefficient (Wildman–Crippen LogP) is 3.63. The van der Waals surface area contributed by atoms with Crippen molar-refractivity contribution in [3.05, 3.63) is 24.4 Å². The van der Waals surface area contributed by atoms with Crippen LogP contribution in [-0.4, -0.2) is 42.0 Å². The van der Waals surface area contributed by atoms with E-state index in [1.165, 1.54) is 39.4 Å². The Bertz CT molecular complexity index is 768. The number of aromatic amines is 1. The summed E-state index contributed by atoms with van der Waals surface area (Å²) in [5.41, 5.74) is 2.46. The Kier molecular flexibility index (Phi) is 4.20. The van der Waals surface area contributed by atoms with Crippen LogP contribution in [0.15, 0.2) is 24.4 Å². The molecule has 5 nitrogen and oxygen atoms in total. The first-order chi connectivity index (χ1) is 12.1. The number of nitrogens with one attached hydrogen (secondary N) is 2. The second-order valence-corrected chi connectivity index (χ2v) is 7.81. The summed E-state index contributed by atoms with van der Waals surface area (Å²) in [5, 5.41) is 3.84. The molecule has 2 heterocycles. The number of amides is 1. The Hall–Kier alpha value is -2.01. The minimum absolute atomic E-state index is 0.0660. The lowest BCUT2D eigenvalue weighted by molar-refractivity contribution is -0.114. The molecule has 1 aromatic carbocycles. The van der Waals surface area contributed by atoms with E-state index < -0.39 is 0 Å². The summed E-state index contributed by atoms with van der Waals surface area (Å²) in [5.74, 6) is 1.63. The number of aromatic nitrogens is 1. The van der Waals surface area contributed by atoms with Crippen LogP contribution in [0.5, 0.6) is 5.75 Å². The normalized spacial score (nSPS) is 19.6. The summed E-state index contributed by atoms with van der Waals surface area (Å²) in [7, 11) is 0. The van der Waals surface area contributed by atoms with E-state index in [0.717, 1.165) is 41.3 Å². The van der Waals surface area contributed by atoms with Gasteiger partial charge in [-0.3, -0.25) is 4.79 Å². The number of carbonyl (C=O) groups is 1. The van der Waals surface area contributed by atoms with E-state index >= 15 is 0 Å². The number of nitrogens with zero attached hydrogens (tertiary/aromatic N) is 1. The van der Waals surface area contributed by atoms with Crippen molar-refractivity contribution < 1.29 is 9.53 Å². The number of likely N-dealkylation sites (tertiary alicyclic amines) is 1. The molecule has 1 saturated heterocycles. The van der Waals surface area contributed by atoms with Crippen molar-refractivity contribution in [3.8, 4) is 5.75 Å². The van der Waals surface area contributed by atoms with Gasteiger partial charge in [0.25, 0.3) is 0 Å². The average molecular weight is 341 g/mol. The number of hydrogen-bond donors (Lipinski definition) is 2. The summed E-state index contributed by atoms with van der Waals surface area (Å²) in [6.07, 6.45) is 5.70. The molecule has 0 radical (unpaired) electrons. The smallest absolute Gasteiger partial charge is 0.221 e. The molecule has 1 aliphatic carbocycles.